The number of methoxy groups -OCH3 is 1. The first-order chi connectivity index (χ1) is 6.84. The number of rotatable bonds is 6. The first-order valence-corrected chi connectivity index (χ1v) is 5.75. The normalized spacial score (nSPS) is 27.9. The standard InChI is InChI=1S/C11H23NO2/c1-14-9-5-4-8-12-10-6-2-3-7-11(10)13/h10-13H,2-9H2,1H3/t10-,11-/m1/s1. The summed E-state index contributed by atoms with van der Waals surface area (Å²) in [6, 6.07) is 0.339. The van der Waals surface area contributed by atoms with Crippen molar-refractivity contribution in [3.05, 3.63) is 0 Å². The van der Waals surface area contributed by atoms with Crippen LogP contribution in [0, 0.1) is 0 Å². The molecule has 1 saturated carbocycles. The molecule has 84 valence electrons. The molecule has 1 rings (SSSR count). The summed E-state index contributed by atoms with van der Waals surface area (Å²) in [5.74, 6) is 0. The van der Waals surface area contributed by atoms with Crippen LogP contribution < -0.4 is 5.32 Å². The average molecular weight is 201 g/mol. The largest absolute Gasteiger partial charge is 0.392 e. The SMILES string of the molecule is COCCCCN[C@@H]1CCCC[C@H]1O. The molecule has 0 aromatic heterocycles. The van der Waals surface area contributed by atoms with Crippen molar-refractivity contribution in [1.29, 1.82) is 0 Å². The fourth-order valence-electron chi connectivity index (χ4n) is 2.01. The molecule has 0 unspecified atom stereocenters. The maximum absolute atomic E-state index is 9.68. The second-order valence-electron chi connectivity index (χ2n) is 4.11. The lowest BCUT2D eigenvalue weighted by atomic mass is 9.92. The van der Waals surface area contributed by atoms with E-state index in [1.54, 1.807) is 7.11 Å². The molecule has 0 heterocycles. The number of aliphatic hydroxyl groups excluding tert-OH is 1. The fraction of sp³-hybridized carbons (Fsp3) is 1.00. The minimum absolute atomic E-state index is 0.119. The number of ether oxygens (including phenoxy) is 1. The van der Waals surface area contributed by atoms with Gasteiger partial charge in [-0.05, 0) is 32.2 Å². The molecule has 0 radical (unpaired) electrons. The number of aliphatic hydroxyl groups is 1. The van der Waals surface area contributed by atoms with E-state index in [0.29, 0.717) is 6.04 Å². The predicted molar refractivity (Wildman–Crippen MR) is 57.4 cm³/mol. The summed E-state index contributed by atoms with van der Waals surface area (Å²) in [4.78, 5) is 0. The van der Waals surface area contributed by atoms with Crippen LogP contribution >= 0.6 is 0 Å². The molecule has 0 amide bonds. The Morgan fingerprint density at radius 1 is 1.29 bits per heavy atom. The van der Waals surface area contributed by atoms with E-state index in [1.807, 2.05) is 0 Å². The molecule has 3 nitrogen and oxygen atoms in total. The lowest BCUT2D eigenvalue weighted by molar-refractivity contribution is 0.0905. The zero-order valence-corrected chi connectivity index (χ0v) is 9.17. The summed E-state index contributed by atoms with van der Waals surface area (Å²) in [6.07, 6.45) is 6.66. The highest BCUT2D eigenvalue weighted by Crippen LogP contribution is 2.18. The first kappa shape index (κ1) is 12.0. The Hall–Kier alpha value is -0.120. The van der Waals surface area contributed by atoms with Crippen LogP contribution in [0.1, 0.15) is 38.5 Å². The number of nitrogens with one attached hydrogen (secondary N) is 1. The molecule has 3 heteroatoms. The Balaban J connectivity index is 1.99. The van der Waals surface area contributed by atoms with Crippen LogP contribution in [0.25, 0.3) is 0 Å². The number of unbranched alkanes of at least 4 members (excludes halogenated alkanes) is 1. The molecule has 0 aliphatic heterocycles. The van der Waals surface area contributed by atoms with Gasteiger partial charge in [0.1, 0.15) is 0 Å². The smallest absolute Gasteiger partial charge is 0.0693 e. The molecule has 2 N–H and O–H groups in total. The third-order valence-electron chi connectivity index (χ3n) is 2.91. The Morgan fingerprint density at radius 3 is 2.79 bits per heavy atom. The lowest BCUT2D eigenvalue weighted by Gasteiger charge is -2.28. The van der Waals surface area contributed by atoms with E-state index in [0.717, 1.165) is 38.8 Å². The second kappa shape index (κ2) is 7.21. The maximum Gasteiger partial charge on any atom is 0.0693 e. The molecular weight excluding hydrogens is 178 g/mol. The zero-order chi connectivity index (χ0) is 10.2. The number of hydrogen-bond acceptors (Lipinski definition) is 3. The van der Waals surface area contributed by atoms with Crippen LogP contribution in [0.4, 0.5) is 0 Å². The van der Waals surface area contributed by atoms with Gasteiger partial charge >= 0.3 is 0 Å². The molecule has 14 heavy (non-hydrogen) atoms. The highest BCUT2D eigenvalue weighted by Gasteiger charge is 2.21. The van der Waals surface area contributed by atoms with Gasteiger partial charge in [0, 0.05) is 19.8 Å². The van der Waals surface area contributed by atoms with Crippen molar-refractivity contribution < 1.29 is 9.84 Å². The van der Waals surface area contributed by atoms with Gasteiger partial charge in [-0.15, -0.1) is 0 Å². The third-order valence-corrected chi connectivity index (χ3v) is 2.91. The van der Waals surface area contributed by atoms with Crippen LogP contribution in [-0.4, -0.2) is 37.5 Å². The molecule has 0 spiro atoms. The van der Waals surface area contributed by atoms with Crippen LogP contribution in [0.2, 0.25) is 0 Å². The van der Waals surface area contributed by atoms with Crippen molar-refractivity contribution in [1.82, 2.24) is 5.32 Å². The summed E-state index contributed by atoms with van der Waals surface area (Å²) in [5.41, 5.74) is 0. The van der Waals surface area contributed by atoms with Gasteiger partial charge in [0.05, 0.1) is 6.10 Å². The van der Waals surface area contributed by atoms with Crippen molar-refractivity contribution in [2.75, 3.05) is 20.3 Å². The minimum Gasteiger partial charge on any atom is -0.392 e. The third kappa shape index (κ3) is 4.40. The van der Waals surface area contributed by atoms with Crippen molar-refractivity contribution in [3.63, 3.8) is 0 Å². The fourth-order valence-corrected chi connectivity index (χ4v) is 2.01. The lowest BCUT2D eigenvalue weighted by Crippen LogP contribution is -2.42. The predicted octanol–water partition coefficient (Wildman–Crippen LogP) is 1.31. The van der Waals surface area contributed by atoms with Crippen LogP contribution in [-0.2, 0) is 4.74 Å². The highest BCUT2D eigenvalue weighted by molar-refractivity contribution is 4.79. The van der Waals surface area contributed by atoms with Gasteiger partial charge < -0.3 is 15.2 Å². The molecule has 0 saturated heterocycles. The van der Waals surface area contributed by atoms with E-state index in [2.05, 4.69) is 5.32 Å². The summed E-state index contributed by atoms with van der Waals surface area (Å²) < 4.78 is 4.98. The van der Waals surface area contributed by atoms with Crippen molar-refractivity contribution in [3.8, 4) is 0 Å². The summed E-state index contributed by atoms with van der Waals surface area (Å²) in [6.45, 7) is 1.85. The summed E-state index contributed by atoms with van der Waals surface area (Å²) in [5, 5.41) is 13.1. The van der Waals surface area contributed by atoms with E-state index in [9.17, 15) is 5.11 Å². The molecule has 1 fully saturated rings. The van der Waals surface area contributed by atoms with Gasteiger partial charge in [0.25, 0.3) is 0 Å². The van der Waals surface area contributed by atoms with Gasteiger partial charge in [0.15, 0.2) is 0 Å². The van der Waals surface area contributed by atoms with Crippen molar-refractivity contribution >= 4 is 0 Å². The Kier molecular flexibility index (Phi) is 6.15. The van der Waals surface area contributed by atoms with Gasteiger partial charge in [-0.2, -0.15) is 0 Å². The van der Waals surface area contributed by atoms with E-state index in [-0.39, 0.29) is 6.10 Å². The van der Waals surface area contributed by atoms with Gasteiger partial charge in [0.2, 0.25) is 0 Å². The molecular formula is C11H23NO2. The summed E-state index contributed by atoms with van der Waals surface area (Å²) >= 11 is 0. The molecule has 2 atom stereocenters. The first-order valence-electron chi connectivity index (χ1n) is 5.75. The second-order valence-corrected chi connectivity index (χ2v) is 4.11. The molecule has 1 aliphatic carbocycles. The Labute approximate surface area is 86.8 Å². The van der Waals surface area contributed by atoms with E-state index < -0.39 is 0 Å². The van der Waals surface area contributed by atoms with Gasteiger partial charge in [-0.3, -0.25) is 0 Å². The highest BCUT2D eigenvalue weighted by atomic mass is 16.5. The number of hydrogen-bond donors (Lipinski definition) is 2. The average Bonchev–Trinajstić information content (AvgIpc) is 2.20. The van der Waals surface area contributed by atoms with E-state index in [4.69, 9.17) is 4.74 Å². The van der Waals surface area contributed by atoms with Crippen LogP contribution in [0.15, 0.2) is 0 Å². The molecule has 0 aromatic carbocycles. The molecule has 1 aliphatic rings. The van der Waals surface area contributed by atoms with Gasteiger partial charge in [-0.25, -0.2) is 0 Å². The van der Waals surface area contributed by atoms with E-state index >= 15 is 0 Å². The van der Waals surface area contributed by atoms with Crippen LogP contribution in [0.3, 0.4) is 0 Å². The monoisotopic (exact) mass is 201 g/mol. The zero-order valence-electron chi connectivity index (χ0n) is 9.17. The quantitative estimate of drug-likeness (QED) is 0.637. The van der Waals surface area contributed by atoms with Crippen LogP contribution in [0.5, 0.6) is 0 Å². The maximum atomic E-state index is 9.68. The summed E-state index contributed by atoms with van der Waals surface area (Å²) in [7, 11) is 1.73. The Morgan fingerprint density at radius 2 is 2.07 bits per heavy atom. The van der Waals surface area contributed by atoms with Crippen molar-refractivity contribution in [2.24, 2.45) is 0 Å². The molecule has 0 aromatic rings. The van der Waals surface area contributed by atoms with Crippen molar-refractivity contribution in [2.45, 2.75) is 50.7 Å². The minimum atomic E-state index is -0.119. The van der Waals surface area contributed by atoms with E-state index in [1.165, 1.54) is 12.8 Å². The molecule has 0 bridgehead atoms. The van der Waals surface area contributed by atoms with Gasteiger partial charge in [-0.1, -0.05) is 12.8 Å². The Bertz CT molecular complexity index is 141. The topological polar surface area (TPSA) is 41.5 Å².